The Morgan fingerprint density at radius 2 is 2.26 bits per heavy atom. The molecule has 3 heterocycles. The van der Waals surface area contributed by atoms with Crippen molar-refractivity contribution in [3.63, 3.8) is 0 Å². The molecule has 0 aromatic carbocycles. The Balaban J connectivity index is 1.81. The van der Waals surface area contributed by atoms with Gasteiger partial charge < -0.3 is 15.2 Å². The van der Waals surface area contributed by atoms with Crippen LogP contribution >= 0.6 is 0 Å². The van der Waals surface area contributed by atoms with Crippen LogP contribution in [0.15, 0.2) is 55.1 Å². The number of hydrogen-bond donors (Lipinski definition) is 2. The maximum Gasteiger partial charge on any atom is 0.319 e. The number of aromatic nitrogens is 3. The molecule has 1 aliphatic carbocycles. The normalized spacial score (nSPS) is 16.4. The molecule has 0 saturated carbocycles. The Kier molecular flexibility index (Phi) is 4.87. The smallest absolute Gasteiger partial charge is 0.319 e. The molecule has 1 unspecified atom stereocenters. The molecule has 0 spiro atoms. The lowest BCUT2D eigenvalue weighted by Gasteiger charge is -2.19. The minimum absolute atomic E-state index is 0.214. The van der Waals surface area contributed by atoms with Gasteiger partial charge in [-0.3, -0.25) is 9.97 Å². The van der Waals surface area contributed by atoms with E-state index >= 15 is 0 Å². The fraction of sp³-hybridized carbons (Fsp3) is 0.286. The third-order valence-electron chi connectivity index (χ3n) is 4.84. The quantitative estimate of drug-likeness (QED) is 0.671. The average molecular weight is 361 g/mol. The Bertz CT molecular complexity index is 977. The Labute approximate surface area is 158 Å². The van der Waals surface area contributed by atoms with Crippen LogP contribution in [0.1, 0.15) is 32.2 Å². The summed E-state index contributed by atoms with van der Waals surface area (Å²) >= 11 is 0. The number of rotatable bonds is 4. The molecular formula is C21H23N5O. The molecule has 27 heavy (non-hydrogen) atoms. The number of anilines is 1. The molecule has 138 valence electrons. The molecule has 0 radical (unpaired) electrons. The molecule has 0 bridgehead atoms. The van der Waals surface area contributed by atoms with Gasteiger partial charge in [-0.1, -0.05) is 18.2 Å². The zero-order chi connectivity index (χ0) is 18.6. The number of hydrogen-bond acceptors (Lipinski definition) is 3. The molecular weight excluding hydrogens is 338 g/mol. The summed E-state index contributed by atoms with van der Waals surface area (Å²) in [6, 6.07) is 6.14. The van der Waals surface area contributed by atoms with Gasteiger partial charge >= 0.3 is 6.03 Å². The molecule has 1 atom stereocenters. The zero-order valence-electron chi connectivity index (χ0n) is 15.4. The van der Waals surface area contributed by atoms with Crippen molar-refractivity contribution < 1.29 is 4.79 Å². The second-order valence-corrected chi connectivity index (χ2v) is 6.69. The topological polar surface area (TPSA) is 71.8 Å². The number of nitrogens with zero attached hydrogens (tertiary/aromatic N) is 3. The molecule has 1 aliphatic rings. The summed E-state index contributed by atoms with van der Waals surface area (Å²) in [6.07, 6.45) is 15.3. The van der Waals surface area contributed by atoms with Crippen molar-refractivity contribution in [2.45, 2.75) is 32.2 Å². The number of nitrogens with one attached hydrogen (secondary N) is 2. The van der Waals surface area contributed by atoms with E-state index in [1.54, 1.807) is 6.20 Å². The SMILES string of the molecule is CCNC(=O)Nc1cn(C2C=CCCC2)c2cc(-c3cccnc3)cnc12. The summed E-state index contributed by atoms with van der Waals surface area (Å²) in [6.45, 7) is 2.47. The molecule has 0 fully saturated rings. The van der Waals surface area contributed by atoms with Gasteiger partial charge in [0.25, 0.3) is 0 Å². The van der Waals surface area contributed by atoms with E-state index in [9.17, 15) is 4.79 Å². The monoisotopic (exact) mass is 361 g/mol. The van der Waals surface area contributed by atoms with Gasteiger partial charge in [-0.2, -0.15) is 0 Å². The Hall–Kier alpha value is -3.15. The molecule has 6 heteroatoms. The van der Waals surface area contributed by atoms with Crippen LogP contribution < -0.4 is 10.6 Å². The van der Waals surface area contributed by atoms with E-state index < -0.39 is 0 Å². The third-order valence-corrected chi connectivity index (χ3v) is 4.84. The molecule has 3 aromatic rings. The molecule has 6 nitrogen and oxygen atoms in total. The highest BCUT2D eigenvalue weighted by Gasteiger charge is 2.18. The fourth-order valence-electron chi connectivity index (χ4n) is 3.54. The highest BCUT2D eigenvalue weighted by molar-refractivity contribution is 6.00. The number of carbonyl (C=O) groups is 1. The number of urea groups is 1. The first-order chi connectivity index (χ1) is 13.3. The summed E-state index contributed by atoms with van der Waals surface area (Å²) in [5.41, 5.74) is 4.58. The van der Waals surface area contributed by atoms with Gasteiger partial charge in [-0.25, -0.2) is 4.79 Å². The van der Waals surface area contributed by atoms with Gasteiger partial charge in [0, 0.05) is 42.5 Å². The van der Waals surface area contributed by atoms with Crippen molar-refractivity contribution in [3.8, 4) is 11.1 Å². The third kappa shape index (κ3) is 3.56. The second-order valence-electron chi connectivity index (χ2n) is 6.69. The highest BCUT2D eigenvalue weighted by atomic mass is 16.2. The number of amides is 2. The Morgan fingerprint density at radius 1 is 1.33 bits per heavy atom. The predicted octanol–water partition coefficient (Wildman–Crippen LogP) is 4.52. The van der Waals surface area contributed by atoms with Gasteiger partial charge in [-0.05, 0) is 38.3 Å². The largest absolute Gasteiger partial charge is 0.338 e. The van der Waals surface area contributed by atoms with E-state index in [0.717, 1.165) is 47.1 Å². The standard InChI is InChI=1S/C21H23N5O/c1-2-23-21(27)25-18-14-26(17-8-4-3-5-9-17)19-11-16(13-24-20(18)19)15-7-6-10-22-12-15/h4,6-8,10-14,17H,2-3,5,9H2,1H3,(H2,23,25,27). The van der Waals surface area contributed by atoms with Crippen molar-refractivity contribution in [2.75, 3.05) is 11.9 Å². The van der Waals surface area contributed by atoms with Crippen LogP contribution in [-0.4, -0.2) is 27.1 Å². The lowest BCUT2D eigenvalue weighted by Crippen LogP contribution is -2.28. The first-order valence-electron chi connectivity index (χ1n) is 9.38. The van der Waals surface area contributed by atoms with Crippen LogP contribution in [0.3, 0.4) is 0 Å². The van der Waals surface area contributed by atoms with E-state index in [1.165, 1.54) is 0 Å². The van der Waals surface area contributed by atoms with Crippen molar-refractivity contribution in [3.05, 3.63) is 55.1 Å². The van der Waals surface area contributed by atoms with Crippen LogP contribution in [0.25, 0.3) is 22.2 Å². The maximum absolute atomic E-state index is 12.0. The molecule has 0 aliphatic heterocycles. The lowest BCUT2D eigenvalue weighted by molar-refractivity contribution is 0.252. The van der Waals surface area contributed by atoms with Crippen LogP contribution in [-0.2, 0) is 0 Å². The molecule has 2 amide bonds. The van der Waals surface area contributed by atoms with Crippen molar-refractivity contribution in [2.24, 2.45) is 0 Å². The minimum Gasteiger partial charge on any atom is -0.338 e. The summed E-state index contributed by atoms with van der Waals surface area (Å²) in [5, 5.41) is 5.71. The van der Waals surface area contributed by atoms with E-state index in [0.29, 0.717) is 6.54 Å². The lowest BCUT2D eigenvalue weighted by atomic mass is 10.0. The first-order valence-corrected chi connectivity index (χ1v) is 9.38. The van der Waals surface area contributed by atoms with Crippen molar-refractivity contribution in [1.29, 1.82) is 0 Å². The predicted molar refractivity (Wildman–Crippen MR) is 108 cm³/mol. The molecule has 2 N–H and O–H groups in total. The Morgan fingerprint density at radius 3 is 3.00 bits per heavy atom. The highest BCUT2D eigenvalue weighted by Crippen LogP contribution is 2.33. The summed E-state index contributed by atoms with van der Waals surface area (Å²) in [7, 11) is 0. The van der Waals surface area contributed by atoms with E-state index in [-0.39, 0.29) is 12.1 Å². The number of pyridine rings is 2. The number of fused-ring (bicyclic) bond motifs is 1. The van der Waals surface area contributed by atoms with Crippen LogP contribution in [0.4, 0.5) is 10.5 Å². The van der Waals surface area contributed by atoms with Crippen molar-refractivity contribution >= 4 is 22.8 Å². The van der Waals surface area contributed by atoms with Gasteiger partial charge in [0.15, 0.2) is 0 Å². The van der Waals surface area contributed by atoms with E-state index in [1.807, 2.05) is 37.6 Å². The van der Waals surface area contributed by atoms with Gasteiger partial charge in [-0.15, -0.1) is 0 Å². The number of allylic oxidation sites excluding steroid dienone is 2. The van der Waals surface area contributed by atoms with E-state index in [2.05, 4.69) is 43.4 Å². The van der Waals surface area contributed by atoms with Crippen LogP contribution in [0.2, 0.25) is 0 Å². The molecule has 0 saturated heterocycles. The zero-order valence-corrected chi connectivity index (χ0v) is 15.4. The number of carbonyl (C=O) groups excluding carboxylic acids is 1. The van der Waals surface area contributed by atoms with Crippen LogP contribution in [0, 0.1) is 0 Å². The summed E-state index contributed by atoms with van der Waals surface area (Å²) < 4.78 is 2.22. The minimum atomic E-state index is -0.214. The maximum atomic E-state index is 12.0. The van der Waals surface area contributed by atoms with Crippen LogP contribution in [0.5, 0.6) is 0 Å². The average Bonchev–Trinajstić information content (AvgIpc) is 3.07. The molecule has 4 rings (SSSR count). The van der Waals surface area contributed by atoms with Gasteiger partial charge in [0.05, 0.1) is 17.2 Å². The van der Waals surface area contributed by atoms with Gasteiger partial charge in [0.1, 0.15) is 5.52 Å². The fourth-order valence-corrected chi connectivity index (χ4v) is 3.54. The second kappa shape index (κ2) is 7.61. The summed E-state index contributed by atoms with van der Waals surface area (Å²) in [4.78, 5) is 20.9. The van der Waals surface area contributed by atoms with Gasteiger partial charge in [0.2, 0.25) is 0 Å². The first kappa shape index (κ1) is 17.3. The molecule has 3 aromatic heterocycles. The van der Waals surface area contributed by atoms with E-state index in [4.69, 9.17) is 0 Å². The summed E-state index contributed by atoms with van der Waals surface area (Å²) in [5.74, 6) is 0. The van der Waals surface area contributed by atoms with Crippen molar-refractivity contribution in [1.82, 2.24) is 19.9 Å².